The Morgan fingerprint density at radius 2 is 2.13 bits per heavy atom. The molecule has 1 heterocycles. The first-order chi connectivity index (χ1) is 7.24. The molecule has 0 aliphatic rings. The number of nitrogens with one attached hydrogen (secondary N) is 1. The van der Waals surface area contributed by atoms with Crippen LogP contribution in [-0.4, -0.2) is 36.5 Å². The molecule has 84 valence electrons. The second kappa shape index (κ2) is 6.50. The molecule has 0 aliphatic carbocycles. The van der Waals surface area contributed by atoms with Crippen LogP contribution in [0.2, 0.25) is 0 Å². The lowest BCUT2D eigenvalue weighted by molar-refractivity contribution is 0.0630. The fourth-order valence-electron chi connectivity index (χ4n) is 1.33. The summed E-state index contributed by atoms with van der Waals surface area (Å²) in [5, 5.41) is 12.7. The topological polar surface area (TPSA) is 54.4 Å². The van der Waals surface area contributed by atoms with Gasteiger partial charge in [0.15, 0.2) is 0 Å². The van der Waals surface area contributed by atoms with Gasteiger partial charge in [-0.15, -0.1) is 0 Å². The number of aliphatic hydroxyl groups is 1. The molecule has 1 rings (SSSR count). The zero-order chi connectivity index (χ0) is 11.1. The van der Waals surface area contributed by atoms with E-state index in [0.29, 0.717) is 13.2 Å². The van der Waals surface area contributed by atoms with Gasteiger partial charge < -0.3 is 15.2 Å². The molecule has 1 aromatic rings. The molecule has 0 saturated carbocycles. The fourth-order valence-corrected chi connectivity index (χ4v) is 1.33. The predicted molar refractivity (Wildman–Crippen MR) is 58.5 cm³/mol. The first-order valence-corrected chi connectivity index (χ1v) is 5.04. The molecule has 0 radical (unpaired) electrons. The van der Waals surface area contributed by atoms with Crippen molar-refractivity contribution in [3.63, 3.8) is 0 Å². The maximum atomic E-state index is 9.45. The summed E-state index contributed by atoms with van der Waals surface area (Å²) < 4.78 is 4.84. The van der Waals surface area contributed by atoms with E-state index in [9.17, 15) is 5.11 Å². The van der Waals surface area contributed by atoms with Crippen molar-refractivity contribution in [3.05, 3.63) is 30.1 Å². The number of pyridine rings is 1. The Balaban J connectivity index is 2.33. The highest BCUT2D eigenvalue weighted by atomic mass is 16.5. The highest BCUT2D eigenvalue weighted by Gasteiger charge is 2.07. The van der Waals surface area contributed by atoms with Crippen LogP contribution in [0.15, 0.2) is 24.5 Å². The average Bonchev–Trinajstić information content (AvgIpc) is 2.27. The zero-order valence-corrected chi connectivity index (χ0v) is 9.18. The molecule has 2 atom stereocenters. The normalized spacial score (nSPS) is 14.9. The van der Waals surface area contributed by atoms with Gasteiger partial charge in [0.25, 0.3) is 0 Å². The van der Waals surface area contributed by atoms with Crippen molar-refractivity contribution in [2.75, 3.05) is 20.3 Å². The third kappa shape index (κ3) is 4.38. The number of hydrogen-bond donors (Lipinski definition) is 2. The van der Waals surface area contributed by atoms with Gasteiger partial charge in [-0.3, -0.25) is 4.98 Å². The Morgan fingerprint density at radius 1 is 1.47 bits per heavy atom. The minimum Gasteiger partial charge on any atom is -0.389 e. The molecule has 0 fully saturated rings. The molecule has 0 aliphatic heterocycles. The lowest BCUT2D eigenvalue weighted by Crippen LogP contribution is -2.31. The molecule has 0 aromatic carbocycles. The summed E-state index contributed by atoms with van der Waals surface area (Å²) in [5.41, 5.74) is 1.16. The van der Waals surface area contributed by atoms with Gasteiger partial charge in [0, 0.05) is 32.1 Å². The van der Waals surface area contributed by atoms with Crippen molar-refractivity contribution in [1.29, 1.82) is 0 Å². The average molecular weight is 210 g/mol. The number of aromatic nitrogens is 1. The van der Waals surface area contributed by atoms with E-state index in [0.717, 1.165) is 5.56 Å². The van der Waals surface area contributed by atoms with Crippen LogP contribution in [-0.2, 0) is 4.74 Å². The summed E-state index contributed by atoms with van der Waals surface area (Å²) in [7, 11) is 1.58. The summed E-state index contributed by atoms with van der Waals surface area (Å²) >= 11 is 0. The van der Waals surface area contributed by atoms with Crippen LogP contribution in [0.1, 0.15) is 18.5 Å². The Bertz CT molecular complexity index is 267. The molecule has 4 nitrogen and oxygen atoms in total. The number of nitrogens with zero attached hydrogens (tertiary/aromatic N) is 1. The van der Waals surface area contributed by atoms with E-state index in [1.54, 1.807) is 19.5 Å². The van der Waals surface area contributed by atoms with Gasteiger partial charge in [-0.1, -0.05) is 0 Å². The minimum atomic E-state index is -0.459. The first-order valence-electron chi connectivity index (χ1n) is 5.04. The monoisotopic (exact) mass is 210 g/mol. The van der Waals surface area contributed by atoms with Gasteiger partial charge in [0.2, 0.25) is 0 Å². The van der Waals surface area contributed by atoms with Crippen LogP contribution in [0.3, 0.4) is 0 Å². The lowest BCUT2D eigenvalue weighted by Gasteiger charge is -2.16. The summed E-state index contributed by atoms with van der Waals surface area (Å²) in [4.78, 5) is 3.96. The highest BCUT2D eigenvalue weighted by molar-refractivity contribution is 5.13. The van der Waals surface area contributed by atoms with Crippen molar-refractivity contribution in [2.24, 2.45) is 0 Å². The quantitative estimate of drug-likeness (QED) is 0.727. The molecule has 0 saturated heterocycles. The third-order valence-electron chi connectivity index (χ3n) is 2.22. The Morgan fingerprint density at radius 3 is 2.73 bits per heavy atom. The predicted octanol–water partition coefficient (Wildman–Crippen LogP) is 0.739. The van der Waals surface area contributed by atoms with E-state index in [1.807, 2.05) is 12.1 Å². The Labute approximate surface area is 90.3 Å². The Kier molecular flexibility index (Phi) is 5.25. The van der Waals surface area contributed by atoms with E-state index >= 15 is 0 Å². The fraction of sp³-hybridized carbons (Fsp3) is 0.545. The Hall–Kier alpha value is -0.970. The second-order valence-corrected chi connectivity index (χ2v) is 3.52. The van der Waals surface area contributed by atoms with Crippen LogP contribution in [0.5, 0.6) is 0 Å². The van der Waals surface area contributed by atoms with Crippen molar-refractivity contribution in [2.45, 2.75) is 19.1 Å². The van der Waals surface area contributed by atoms with Crippen LogP contribution < -0.4 is 5.32 Å². The molecule has 2 N–H and O–H groups in total. The van der Waals surface area contributed by atoms with Crippen LogP contribution in [0, 0.1) is 0 Å². The van der Waals surface area contributed by atoms with Crippen LogP contribution >= 0.6 is 0 Å². The highest BCUT2D eigenvalue weighted by Crippen LogP contribution is 2.09. The number of methoxy groups -OCH3 is 1. The molecule has 0 bridgehead atoms. The maximum absolute atomic E-state index is 9.45. The van der Waals surface area contributed by atoms with Gasteiger partial charge in [-0.25, -0.2) is 0 Å². The van der Waals surface area contributed by atoms with Crippen LogP contribution in [0.4, 0.5) is 0 Å². The van der Waals surface area contributed by atoms with E-state index in [2.05, 4.69) is 17.2 Å². The minimum absolute atomic E-state index is 0.208. The SMILES string of the molecule is COCC(O)CNC(C)c1ccncc1. The zero-order valence-electron chi connectivity index (χ0n) is 9.18. The number of ether oxygens (including phenoxy) is 1. The summed E-state index contributed by atoms with van der Waals surface area (Å²) in [6.45, 7) is 2.93. The molecule has 2 unspecified atom stereocenters. The third-order valence-corrected chi connectivity index (χ3v) is 2.22. The van der Waals surface area contributed by atoms with Gasteiger partial charge in [-0.05, 0) is 24.6 Å². The standard InChI is InChI=1S/C11H18N2O2/c1-9(10-3-5-12-6-4-10)13-7-11(14)8-15-2/h3-6,9,11,13-14H,7-8H2,1-2H3. The largest absolute Gasteiger partial charge is 0.389 e. The van der Waals surface area contributed by atoms with Crippen molar-refractivity contribution < 1.29 is 9.84 Å². The maximum Gasteiger partial charge on any atom is 0.0897 e. The first kappa shape index (κ1) is 12.1. The van der Waals surface area contributed by atoms with Gasteiger partial charge in [0.1, 0.15) is 0 Å². The summed E-state index contributed by atoms with van der Waals surface area (Å²) in [6.07, 6.45) is 3.07. The molecular weight excluding hydrogens is 192 g/mol. The van der Waals surface area contributed by atoms with Gasteiger partial charge in [-0.2, -0.15) is 0 Å². The molecule has 0 spiro atoms. The molecule has 0 amide bonds. The van der Waals surface area contributed by atoms with E-state index < -0.39 is 6.10 Å². The molecule has 15 heavy (non-hydrogen) atoms. The summed E-state index contributed by atoms with van der Waals surface area (Å²) in [5.74, 6) is 0. The van der Waals surface area contributed by atoms with E-state index in [-0.39, 0.29) is 6.04 Å². The second-order valence-electron chi connectivity index (χ2n) is 3.52. The number of hydrogen-bond acceptors (Lipinski definition) is 4. The van der Waals surface area contributed by atoms with Crippen molar-refractivity contribution in [1.82, 2.24) is 10.3 Å². The number of rotatable bonds is 6. The van der Waals surface area contributed by atoms with E-state index in [1.165, 1.54) is 0 Å². The lowest BCUT2D eigenvalue weighted by atomic mass is 10.1. The van der Waals surface area contributed by atoms with Crippen molar-refractivity contribution >= 4 is 0 Å². The van der Waals surface area contributed by atoms with Gasteiger partial charge >= 0.3 is 0 Å². The van der Waals surface area contributed by atoms with E-state index in [4.69, 9.17) is 4.74 Å². The smallest absolute Gasteiger partial charge is 0.0897 e. The van der Waals surface area contributed by atoms with Crippen LogP contribution in [0.25, 0.3) is 0 Å². The molecule has 1 aromatic heterocycles. The van der Waals surface area contributed by atoms with Crippen molar-refractivity contribution in [3.8, 4) is 0 Å². The summed E-state index contributed by atoms with van der Waals surface area (Å²) in [6, 6.07) is 4.13. The molecular formula is C11H18N2O2. The molecule has 4 heteroatoms. The van der Waals surface area contributed by atoms with Gasteiger partial charge in [0.05, 0.1) is 12.7 Å². The number of aliphatic hydroxyl groups excluding tert-OH is 1.